The Morgan fingerprint density at radius 1 is 1.13 bits per heavy atom. The number of para-hydroxylation sites is 1. The number of fused-ring (bicyclic) bond motifs is 1. The highest BCUT2D eigenvalue weighted by Gasteiger charge is 2.06. The summed E-state index contributed by atoms with van der Waals surface area (Å²) in [6.45, 7) is 1.32. The molecule has 0 atom stereocenters. The van der Waals surface area contributed by atoms with E-state index in [1.807, 2.05) is 24.3 Å². The zero-order valence-corrected chi connectivity index (χ0v) is 14.3. The third-order valence-corrected chi connectivity index (χ3v) is 4.22. The Hall–Kier alpha value is -1.86. The van der Waals surface area contributed by atoms with Gasteiger partial charge in [-0.15, -0.1) is 0 Å². The van der Waals surface area contributed by atoms with Crippen LogP contribution in [0.4, 0.5) is 5.69 Å². The molecule has 0 aliphatic heterocycles. The van der Waals surface area contributed by atoms with Crippen LogP contribution >= 0.6 is 0 Å². The van der Waals surface area contributed by atoms with E-state index in [4.69, 9.17) is 4.74 Å². The van der Waals surface area contributed by atoms with E-state index in [9.17, 15) is 8.42 Å². The van der Waals surface area contributed by atoms with Crippen LogP contribution in [-0.2, 0) is 10.0 Å². The van der Waals surface area contributed by atoms with E-state index in [1.54, 1.807) is 13.3 Å². The lowest BCUT2D eigenvalue weighted by Gasteiger charge is -2.11. The Labute approximate surface area is 137 Å². The summed E-state index contributed by atoms with van der Waals surface area (Å²) in [5.74, 6) is 0.762. The number of nitrogens with zero attached hydrogens (tertiary/aromatic N) is 1. The Morgan fingerprint density at radius 3 is 2.65 bits per heavy atom. The minimum absolute atomic E-state index is 0.494. The minimum atomic E-state index is -3.08. The van der Waals surface area contributed by atoms with Crippen LogP contribution in [0.1, 0.15) is 19.3 Å². The molecular weight excluding hydrogens is 314 g/mol. The number of unbranched alkanes of at least 4 members (excludes halogenated alkanes) is 2. The number of nitrogens with one attached hydrogen (secondary N) is 2. The average Bonchev–Trinajstić information content (AvgIpc) is 2.52. The normalized spacial score (nSPS) is 11.6. The molecule has 0 amide bonds. The fourth-order valence-corrected chi connectivity index (χ4v) is 2.89. The number of hydrogen-bond donors (Lipinski definition) is 2. The van der Waals surface area contributed by atoms with E-state index >= 15 is 0 Å². The van der Waals surface area contributed by atoms with Crippen LogP contribution in [0.15, 0.2) is 30.5 Å². The van der Waals surface area contributed by atoms with Crippen LogP contribution in [0.5, 0.6) is 5.75 Å². The highest BCUT2D eigenvalue weighted by molar-refractivity contribution is 7.88. The Bertz CT molecular complexity index is 747. The lowest BCUT2D eigenvalue weighted by molar-refractivity contribution is 0.419. The minimum Gasteiger partial charge on any atom is -0.494 e. The summed E-state index contributed by atoms with van der Waals surface area (Å²) >= 11 is 0. The molecule has 126 valence electrons. The van der Waals surface area contributed by atoms with E-state index in [1.165, 1.54) is 6.26 Å². The van der Waals surface area contributed by atoms with Crippen LogP contribution in [0, 0.1) is 0 Å². The second kappa shape index (κ2) is 8.12. The van der Waals surface area contributed by atoms with E-state index in [2.05, 4.69) is 15.0 Å². The number of methoxy groups -OCH3 is 1. The van der Waals surface area contributed by atoms with Gasteiger partial charge in [-0.3, -0.25) is 4.98 Å². The molecule has 2 rings (SSSR count). The van der Waals surface area contributed by atoms with Crippen LogP contribution in [0.2, 0.25) is 0 Å². The predicted molar refractivity (Wildman–Crippen MR) is 93.5 cm³/mol. The molecule has 1 aromatic carbocycles. The van der Waals surface area contributed by atoms with Gasteiger partial charge >= 0.3 is 0 Å². The molecule has 0 aliphatic carbocycles. The SMILES string of the molecule is COc1cccc2c(NCCCCCNS(C)(=O)=O)ccnc12. The van der Waals surface area contributed by atoms with Gasteiger partial charge in [-0.2, -0.15) is 0 Å². The third kappa shape index (κ3) is 5.37. The van der Waals surface area contributed by atoms with E-state index in [-0.39, 0.29) is 0 Å². The van der Waals surface area contributed by atoms with Gasteiger partial charge in [-0.1, -0.05) is 18.6 Å². The lowest BCUT2D eigenvalue weighted by atomic mass is 10.1. The van der Waals surface area contributed by atoms with Gasteiger partial charge in [0.15, 0.2) is 0 Å². The van der Waals surface area contributed by atoms with Gasteiger partial charge in [0, 0.05) is 30.4 Å². The summed E-state index contributed by atoms with van der Waals surface area (Å²) in [6, 6.07) is 7.81. The van der Waals surface area contributed by atoms with Crippen molar-refractivity contribution in [2.45, 2.75) is 19.3 Å². The molecule has 7 heteroatoms. The number of aromatic nitrogens is 1. The summed E-state index contributed by atoms with van der Waals surface area (Å²) in [4.78, 5) is 4.37. The van der Waals surface area contributed by atoms with Crippen molar-refractivity contribution in [3.63, 3.8) is 0 Å². The van der Waals surface area contributed by atoms with Gasteiger partial charge in [0.1, 0.15) is 11.3 Å². The molecular formula is C16H23N3O3S. The fourth-order valence-electron chi connectivity index (χ4n) is 2.38. The van der Waals surface area contributed by atoms with Crippen molar-refractivity contribution in [1.29, 1.82) is 0 Å². The summed E-state index contributed by atoms with van der Waals surface area (Å²) in [5.41, 5.74) is 1.88. The second-order valence-electron chi connectivity index (χ2n) is 5.37. The van der Waals surface area contributed by atoms with E-state index in [0.717, 1.165) is 48.1 Å². The van der Waals surface area contributed by atoms with Gasteiger partial charge < -0.3 is 10.1 Å². The largest absolute Gasteiger partial charge is 0.494 e. The number of ether oxygens (including phenoxy) is 1. The average molecular weight is 337 g/mol. The second-order valence-corrected chi connectivity index (χ2v) is 7.20. The van der Waals surface area contributed by atoms with Crippen LogP contribution < -0.4 is 14.8 Å². The van der Waals surface area contributed by atoms with Crippen molar-refractivity contribution in [3.05, 3.63) is 30.5 Å². The molecule has 0 fully saturated rings. The number of anilines is 1. The molecule has 2 N–H and O–H groups in total. The summed E-state index contributed by atoms with van der Waals surface area (Å²) in [6.07, 6.45) is 5.71. The first kappa shape index (κ1) is 17.5. The Kier molecular flexibility index (Phi) is 6.18. The molecule has 0 bridgehead atoms. The van der Waals surface area contributed by atoms with Gasteiger partial charge in [0.2, 0.25) is 10.0 Å². The van der Waals surface area contributed by atoms with Gasteiger partial charge in [-0.05, 0) is 25.0 Å². The van der Waals surface area contributed by atoms with Crippen molar-refractivity contribution in [1.82, 2.24) is 9.71 Å². The summed E-state index contributed by atoms with van der Waals surface area (Å²) < 4.78 is 29.7. The van der Waals surface area contributed by atoms with Gasteiger partial charge in [0.25, 0.3) is 0 Å². The quantitative estimate of drug-likeness (QED) is 0.687. The lowest BCUT2D eigenvalue weighted by Crippen LogP contribution is -2.22. The molecule has 6 nitrogen and oxygen atoms in total. The van der Waals surface area contributed by atoms with Gasteiger partial charge in [0.05, 0.1) is 13.4 Å². The monoisotopic (exact) mass is 337 g/mol. The molecule has 0 unspecified atom stereocenters. The first-order valence-corrected chi connectivity index (χ1v) is 9.50. The maximum absolute atomic E-state index is 10.9. The molecule has 0 saturated carbocycles. The third-order valence-electron chi connectivity index (χ3n) is 3.49. The van der Waals surface area contributed by atoms with Gasteiger partial charge in [-0.25, -0.2) is 13.1 Å². The molecule has 0 spiro atoms. The fraction of sp³-hybridized carbons (Fsp3) is 0.438. The molecule has 1 aromatic heterocycles. The number of hydrogen-bond acceptors (Lipinski definition) is 5. The zero-order chi connectivity index (χ0) is 16.7. The Morgan fingerprint density at radius 2 is 1.91 bits per heavy atom. The number of pyridine rings is 1. The molecule has 0 saturated heterocycles. The van der Waals surface area contributed by atoms with Crippen molar-refractivity contribution < 1.29 is 13.2 Å². The first-order valence-electron chi connectivity index (χ1n) is 7.61. The van der Waals surface area contributed by atoms with Crippen LogP contribution in [-0.4, -0.2) is 39.9 Å². The topological polar surface area (TPSA) is 80.3 Å². The standard InChI is InChI=1S/C16H23N3O3S/c1-22-15-8-6-7-13-14(9-12-18-16(13)15)17-10-4-3-5-11-19-23(2,20)21/h6-9,12,19H,3-5,10-11H2,1-2H3,(H,17,18). The highest BCUT2D eigenvalue weighted by Crippen LogP contribution is 2.28. The van der Waals surface area contributed by atoms with Crippen molar-refractivity contribution in [3.8, 4) is 5.75 Å². The van der Waals surface area contributed by atoms with E-state index < -0.39 is 10.0 Å². The van der Waals surface area contributed by atoms with Crippen LogP contribution in [0.25, 0.3) is 10.9 Å². The molecule has 0 radical (unpaired) electrons. The van der Waals surface area contributed by atoms with Crippen LogP contribution in [0.3, 0.4) is 0 Å². The number of benzene rings is 1. The maximum Gasteiger partial charge on any atom is 0.208 e. The highest BCUT2D eigenvalue weighted by atomic mass is 32.2. The van der Waals surface area contributed by atoms with Crippen molar-refractivity contribution in [2.75, 3.05) is 31.8 Å². The van der Waals surface area contributed by atoms with E-state index in [0.29, 0.717) is 6.54 Å². The van der Waals surface area contributed by atoms with Crippen molar-refractivity contribution >= 4 is 26.6 Å². The zero-order valence-electron chi connectivity index (χ0n) is 13.5. The Balaban J connectivity index is 1.84. The maximum atomic E-state index is 10.9. The smallest absolute Gasteiger partial charge is 0.208 e. The number of sulfonamides is 1. The molecule has 2 aromatic rings. The predicted octanol–water partition coefficient (Wildman–Crippen LogP) is 2.37. The number of rotatable bonds is 9. The van der Waals surface area contributed by atoms with Crippen molar-refractivity contribution in [2.24, 2.45) is 0 Å². The first-order chi connectivity index (χ1) is 11.0. The molecule has 1 heterocycles. The summed E-state index contributed by atoms with van der Waals surface area (Å²) in [7, 11) is -1.44. The summed E-state index contributed by atoms with van der Waals surface area (Å²) in [5, 5.41) is 4.44. The molecule has 0 aliphatic rings. The molecule has 23 heavy (non-hydrogen) atoms.